The normalized spacial score (nSPS) is 17.1. The fraction of sp³-hybridized carbons (Fsp3) is 0.0455. The highest BCUT2D eigenvalue weighted by Gasteiger charge is 2.24. The summed E-state index contributed by atoms with van der Waals surface area (Å²) in [6.07, 6.45) is 3.66. The van der Waals surface area contributed by atoms with E-state index in [-0.39, 0.29) is 5.91 Å². The zero-order valence-electron chi connectivity index (χ0n) is 15.1. The minimum Gasteiger partial charge on any atom is -0.329 e. The first kappa shape index (κ1) is 16.8. The molecule has 1 fully saturated rings. The van der Waals surface area contributed by atoms with E-state index in [4.69, 9.17) is 0 Å². The van der Waals surface area contributed by atoms with Gasteiger partial charge in [0.1, 0.15) is 5.82 Å². The first-order valence-electron chi connectivity index (χ1n) is 8.86. The van der Waals surface area contributed by atoms with Crippen molar-refractivity contribution < 1.29 is 4.79 Å². The summed E-state index contributed by atoms with van der Waals surface area (Å²) in [4.78, 5) is 22.0. The Kier molecular flexibility index (Phi) is 3.98. The summed E-state index contributed by atoms with van der Waals surface area (Å²) in [7, 11) is 1.98. The van der Waals surface area contributed by atoms with Crippen molar-refractivity contribution in [3.05, 3.63) is 77.3 Å². The standard InChI is InChI=1S/C22H16N4OS/c1-26-18-7-3-2-5-16(18)13-20(26)24-22-25-21(27)19(28-22)12-14-8-9-17-15(11-14)6-4-10-23-17/h2-13H,1H3,(H,24,25,27). The van der Waals surface area contributed by atoms with Crippen molar-refractivity contribution in [3.8, 4) is 0 Å². The predicted molar refractivity (Wildman–Crippen MR) is 115 cm³/mol. The number of fused-ring (bicyclic) bond motifs is 2. The van der Waals surface area contributed by atoms with Crippen molar-refractivity contribution in [2.24, 2.45) is 12.0 Å². The number of hydrogen-bond donors (Lipinski definition) is 1. The summed E-state index contributed by atoms with van der Waals surface area (Å²) in [5.41, 5.74) is 3.01. The number of aromatic nitrogens is 2. The summed E-state index contributed by atoms with van der Waals surface area (Å²) in [5.74, 6) is 0.677. The second-order valence-electron chi connectivity index (χ2n) is 6.56. The fourth-order valence-corrected chi connectivity index (χ4v) is 4.13. The number of rotatable bonds is 2. The Morgan fingerprint density at radius 1 is 1.07 bits per heavy atom. The number of benzene rings is 2. The van der Waals surface area contributed by atoms with Crippen LogP contribution in [0.5, 0.6) is 0 Å². The van der Waals surface area contributed by atoms with Crippen LogP contribution >= 0.6 is 11.8 Å². The maximum Gasteiger partial charge on any atom is 0.264 e. The van der Waals surface area contributed by atoms with E-state index in [1.54, 1.807) is 6.20 Å². The van der Waals surface area contributed by atoms with E-state index in [9.17, 15) is 4.79 Å². The Morgan fingerprint density at radius 3 is 2.82 bits per heavy atom. The highest BCUT2D eigenvalue weighted by Crippen LogP contribution is 2.30. The minimum absolute atomic E-state index is 0.131. The topological polar surface area (TPSA) is 59.3 Å². The summed E-state index contributed by atoms with van der Waals surface area (Å²) in [5, 5.41) is 5.62. The number of hydrogen-bond acceptors (Lipinski definition) is 4. The molecule has 4 aromatic rings. The third kappa shape index (κ3) is 2.97. The van der Waals surface area contributed by atoms with Gasteiger partial charge in [0, 0.05) is 29.5 Å². The third-order valence-electron chi connectivity index (χ3n) is 4.72. The molecule has 3 heterocycles. The van der Waals surface area contributed by atoms with Crippen LogP contribution in [0, 0.1) is 0 Å². The van der Waals surface area contributed by atoms with Gasteiger partial charge in [-0.3, -0.25) is 9.78 Å². The lowest BCUT2D eigenvalue weighted by Gasteiger charge is -2.00. The van der Waals surface area contributed by atoms with Crippen molar-refractivity contribution in [2.75, 3.05) is 0 Å². The van der Waals surface area contributed by atoms with Crippen LogP contribution in [0.15, 0.2) is 76.8 Å². The smallest absolute Gasteiger partial charge is 0.264 e. The number of aliphatic imine (C=N–C) groups is 1. The Hall–Kier alpha value is -3.38. The molecule has 0 bridgehead atoms. The molecule has 1 aliphatic heterocycles. The molecule has 6 heteroatoms. The molecule has 1 saturated heterocycles. The number of thioether (sulfide) groups is 1. The molecule has 0 atom stereocenters. The number of amides is 1. The second kappa shape index (κ2) is 6.65. The van der Waals surface area contributed by atoms with Crippen LogP contribution in [0.25, 0.3) is 27.9 Å². The van der Waals surface area contributed by atoms with E-state index in [0.29, 0.717) is 10.1 Å². The van der Waals surface area contributed by atoms with Crippen molar-refractivity contribution in [2.45, 2.75) is 0 Å². The summed E-state index contributed by atoms with van der Waals surface area (Å²) in [6, 6.07) is 20.0. The lowest BCUT2D eigenvalue weighted by Crippen LogP contribution is -2.19. The fourth-order valence-electron chi connectivity index (χ4n) is 3.30. The number of carbonyl (C=O) groups excluding carboxylic acids is 1. The summed E-state index contributed by atoms with van der Waals surface area (Å²) in [6.45, 7) is 0. The van der Waals surface area contributed by atoms with Crippen molar-refractivity contribution in [1.82, 2.24) is 14.9 Å². The highest BCUT2D eigenvalue weighted by atomic mass is 32.2. The Morgan fingerprint density at radius 2 is 1.93 bits per heavy atom. The molecule has 5 rings (SSSR count). The van der Waals surface area contributed by atoms with E-state index in [1.165, 1.54) is 11.8 Å². The number of pyridine rings is 1. The number of carbonyl (C=O) groups is 1. The van der Waals surface area contributed by atoms with Crippen LogP contribution in [0.4, 0.5) is 5.82 Å². The molecule has 1 N–H and O–H groups in total. The zero-order chi connectivity index (χ0) is 19.1. The first-order chi connectivity index (χ1) is 13.7. The summed E-state index contributed by atoms with van der Waals surface area (Å²) < 4.78 is 2.02. The molecule has 0 spiro atoms. The molecule has 5 nitrogen and oxygen atoms in total. The quantitative estimate of drug-likeness (QED) is 0.513. The van der Waals surface area contributed by atoms with Crippen LogP contribution in [0.1, 0.15) is 5.56 Å². The molecule has 2 aromatic carbocycles. The van der Waals surface area contributed by atoms with Gasteiger partial charge in [-0.2, -0.15) is 0 Å². The molecule has 0 unspecified atom stereocenters. The van der Waals surface area contributed by atoms with Crippen molar-refractivity contribution >= 4 is 56.5 Å². The molecule has 1 aliphatic rings. The summed E-state index contributed by atoms with van der Waals surface area (Å²) >= 11 is 1.35. The third-order valence-corrected chi connectivity index (χ3v) is 5.63. The first-order valence-corrected chi connectivity index (χ1v) is 9.68. The van der Waals surface area contributed by atoms with Crippen LogP contribution in [0.2, 0.25) is 0 Å². The van der Waals surface area contributed by atoms with Crippen molar-refractivity contribution in [3.63, 3.8) is 0 Å². The van der Waals surface area contributed by atoms with E-state index in [0.717, 1.165) is 33.2 Å². The van der Waals surface area contributed by atoms with E-state index >= 15 is 0 Å². The van der Waals surface area contributed by atoms with Crippen LogP contribution in [-0.2, 0) is 11.8 Å². The molecule has 0 radical (unpaired) electrons. The SMILES string of the molecule is Cn1c(N=C2NC(=O)C(=Cc3ccc4ncccc4c3)S2)cc2ccccc21. The largest absolute Gasteiger partial charge is 0.329 e. The number of amidine groups is 1. The molecule has 1 amide bonds. The molecule has 0 aliphatic carbocycles. The van der Waals surface area contributed by atoms with Gasteiger partial charge in [-0.15, -0.1) is 0 Å². The maximum absolute atomic E-state index is 12.4. The number of para-hydroxylation sites is 1. The molecule has 2 aromatic heterocycles. The predicted octanol–water partition coefficient (Wildman–Crippen LogP) is 4.62. The van der Waals surface area contributed by atoms with E-state index < -0.39 is 0 Å². The molecule has 0 saturated carbocycles. The van der Waals surface area contributed by atoms with Crippen LogP contribution in [0.3, 0.4) is 0 Å². The van der Waals surface area contributed by atoms with E-state index in [2.05, 4.69) is 27.4 Å². The van der Waals surface area contributed by atoms with Gasteiger partial charge in [0.25, 0.3) is 5.91 Å². The van der Waals surface area contributed by atoms with Gasteiger partial charge in [-0.1, -0.05) is 30.3 Å². The Bertz CT molecular complexity index is 1300. The Balaban J connectivity index is 1.46. The average molecular weight is 384 g/mol. The number of nitrogens with one attached hydrogen (secondary N) is 1. The van der Waals surface area contributed by atoms with Gasteiger partial charge in [0.15, 0.2) is 5.17 Å². The molecule has 28 heavy (non-hydrogen) atoms. The van der Waals surface area contributed by atoms with Gasteiger partial charge in [-0.05, 0) is 53.7 Å². The van der Waals surface area contributed by atoms with Crippen LogP contribution in [-0.4, -0.2) is 20.6 Å². The van der Waals surface area contributed by atoms with Crippen molar-refractivity contribution in [1.29, 1.82) is 0 Å². The minimum atomic E-state index is -0.131. The second-order valence-corrected chi connectivity index (χ2v) is 7.59. The van der Waals surface area contributed by atoms with Gasteiger partial charge >= 0.3 is 0 Å². The number of nitrogens with zero attached hydrogens (tertiary/aromatic N) is 3. The Labute approximate surface area is 165 Å². The lowest BCUT2D eigenvalue weighted by atomic mass is 10.1. The van der Waals surface area contributed by atoms with Gasteiger partial charge in [0.2, 0.25) is 0 Å². The monoisotopic (exact) mass is 384 g/mol. The zero-order valence-corrected chi connectivity index (χ0v) is 15.9. The molecule has 136 valence electrons. The number of aryl methyl sites for hydroxylation is 1. The highest BCUT2D eigenvalue weighted by molar-refractivity contribution is 8.18. The lowest BCUT2D eigenvalue weighted by molar-refractivity contribution is -0.115. The van der Waals surface area contributed by atoms with Crippen LogP contribution < -0.4 is 5.32 Å². The van der Waals surface area contributed by atoms with Gasteiger partial charge in [-0.25, -0.2) is 4.99 Å². The average Bonchev–Trinajstić information content (AvgIpc) is 3.21. The molecular formula is C22H16N4OS. The van der Waals surface area contributed by atoms with Gasteiger partial charge in [0.05, 0.1) is 10.4 Å². The molecular weight excluding hydrogens is 368 g/mol. The van der Waals surface area contributed by atoms with E-state index in [1.807, 2.05) is 66.2 Å². The van der Waals surface area contributed by atoms with Gasteiger partial charge < -0.3 is 9.88 Å². The maximum atomic E-state index is 12.4.